The molecule has 0 aromatic heterocycles. The first-order chi connectivity index (χ1) is 19.0. The average molecular weight is 563 g/mol. The minimum Gasteiger partial charge on any atom is -0.458 e. The zero-order valence-electron chi connectivity index (χ0n) is 24.0. The third-order valence-corrected chi connectivity index (χ3v) is 11.7. The Kier molecular flexibility index (Phi) is 10.4. The summed E-state index contributed by atoms with van der Waals surface area (Å²) in [4.78, 5) is 38.1. The highest BCUT2D eigenvalue weighted by Crippen LogP contribution is 2.37. The molecule has 0 amide bonds. The molecule has 0 spiro atoms. The molecule has 212 valence electrons. The van der Waals surface area contributed by atoms with Gasteiger partial charge in [-0.3, -0.25) is 0 Å². The van der Waals surface area contributed by atoms with Gasteiger partial charge in [0.1, 0.15) is 12.7 Å². The van der Waals surface area contributed by atoms with Crippen LogP contribution in [0.4, 0.5) is 0 Å². The third-order valence-electron chi connectivity index (χ3n) is 6.58. The quantitative estimate of drug-likeness (QED) is 0.192. The van der Waals surface area contributed by atoms with E-state index in [1.54, 1.807) is 6.92 Å². The Labute approximate surface area is 237 Å². The van der Waals surface area contributed by atoms with Crippen LogP contribution in [0.1, 0.15) is 47.1 Å². The van der Waals surface area contributed by atoms with E-state index in [0.29, 0.717) is 0 Å². The fourth-order valence-electron chi connectivity index (χ4n) is 4.49. The maximum absolute atomic E-state index is 13.2. The average Bonchev–Trinajstić information content (AvgIpc) is 2.95. The number of esters is 3. The molecular formula is C32H38O7Si. The van der Waals surface area contributed by atoms with Crippen LogP contribution in [0.2, 0.25) is 5.04 Å². The summed E-state index contributed by atoms with van der Waals surface area (Å²) in [7, 11) is -3.01. The van der Waals surface area contributed by atoms with Crippen LogP contribution in [0.15, 0.2) is 91.0 Å². The van der Waals surface area contributed by atoms with Crippen molar-refractivity contribution in [1.29, 1.82) is 0 Å². The van der Waals surface area contributed by atoms with Crippen molar-refractivity contribution in [2.75, 3.05) is 0 Å². The first kappa shape index (κ1) is 30.8. The molecule has 7 nitrogen and oxygen atoms in total. The molecule has 3 aromatic carbocycles. The Morgan fingerprint density at radius 1 is 0.625 bits per heavy atom. The molecule has 0 aliphatic carbocycles. The van der Waals surface area contributed by atoms with Gasteiger partial charge in [-0.05, 0) is 41.7 Å². The van der Waals surface area contributed by atoms with E-state index in [2.05, 4.69) is 20.8 Å². The molecule has 3 atom stereocenters. The smallest absolute Gasteiger partial charge is 0.347 e. The number of benzene rings is 3. The molecule has 40 heavy (non-hydrogen) atoms. The Bertz CT molecular complexity index is 1220. The van der Waals surface area contributed by atoms with Gasteiger partial charge in [0.05, 0.1) is 0 Å². The predicted octanol–water partition coefficient (Wildman–Crippen LogP) is 4.56. The summed E-state index contributed by atoms with van der Waals surface area (Å²) in [6.45, 7) is 10.8. The van der Waals surface area contributed by atoms with E-state index in [9.17, 15) is 14.4 Å². The van der Waals surface area contributed by atoms with Gasteiger partial charge in [-0.1, -0.05) is 112 Å². The number of ether oxygens (including phenoxy) is 3. The lowest BCUT2D eigenvalue weighted by molar-refractivity contribution is -0.179. The van der Waals surface area contributed by atoms with Crippen molar-refractivity contribution in [3.63, 3.8) is 0 Å². The van der Waals surface area contributed by atoms with E-state index in [4.69, 9.17) is 18.6 Å². The van der Waals surface area contributed by atoms with Crippen LogP contribution >= 0.6 is 0 Å². The topological polar surface area (TPSA) is 88.1 Å². The van der Waals surface area contributed by atoms with Crippen molar-refractivity contribution in [2.24, 2.45) is 0 Å². The first-order valence-corrected chi connectivity index (χ1v) is 15.3. The zero-order valence-corrected chi connectivity index (χ0v) is 25.0. The SMILES string of the molecule is C[C@H](OC(=O)[C@H](C)OC(=O)[C@H](C)O[Si](c1ccccc1)(c1ccccc1)C(C)(C)C)C(=O)OCc1ccccc1. The van der Waals surface area contributed by atoms with Gasteiger partial charge in [0.2, 0.25) is 0 Å². The summed E-state index contributed by atoms with van der Waals surface area (Å²) in [6.07, 6.45) is -3.39. The fraction of sp³-hybridized carbons (Fsp3) is 0.344. The van der Waals surface area contributed by atoms with Gasteiger partial charge in [0.25, 0.3) is 8.32 Å². The molecule has 0 bridgehead atoms. The number of hydrogen-bond donors (Lipinski definition) is 0. The number of hydrogen-bond acceptors (Lipinski definition) is 7. The molecule has 8 heteroatoms. The molecule has 3 rings (SSSR count). The van der Waals surface area contributed by atoms with E-state index in [0.717, 1.165) is 15.9 Å². The molecule has 0 saturated carbocycles. The molecule has 0 unspecified atom stereocenters. The third kappa shape index (κ3) is 7.46. The Morgan fingerprint density at radius 3 is 1.48 bits per heavy atom. The minimum atomic E-state index is -3.01. The van der Waals surface area contributed by atoms with Crippen LogP contribution in [0.3, 0.4) is 0 Å². The van der Waals surface area contributed by atoms with Gasteiger partial charge >= 0.3 is 17.9 Å². The monoisotopic (exact) mass is 562 g/mol. The molecule has 3 aromatic rings. The molecule has 0 radical (unpaired) electrons. The highest BCUT2D eigenvalue weighted by Gasteiger charge is 2.52. The van der Waals surface area contributed by atoms with Gasteiger partial charge in [0.15, 0.2) is 12.2 Å². The van der Waals surface area contributed by atoms with Gasteiger partial charge in [-0.2, -0.15) is 0 Å². The van der Waals surface area contributed by atoms with Crippen molar-refractivity contribution in [3.05, 3.63) is 96.6 Å². The van der Waals surface area contributed by atoms with Gasteiger partial charge in [0, 0.05) is 0 Å². The lowest BCUT2D eigenvalue weighted by Crippen LogP contribution is -2.68. The molecule has 0 saturated heterocycles. The number of carbonyl (C=O) groups excluding carboxylic acids is 3. The zero-order chi connectivity index (χ0) is 29.3. The highest BCUT2D eigenvalue weighted by molar-refractivity contribution is 6.99. The van der Waals surface area contributed by atoms with Crippen molar-refractivity contribution in [2.45, 2.75) is 71.5 Å². The van der Waals surface area contributed by atoms with Gasteiger partial charge < -0.3 is 18.6 Å². The van der Waals surface area contributed by atoms with Gasteiger partial charge in [-0.25, -0.2) is 14.4 Å². The Morgan fingerprint density at radius 2 is 1.02 bits per heavy atom. The Balaban J connectivity index is 1.68. The summed E-state index contributed by atoms with van der Waals surface area (Å²) < 4.78 is 22.6. The van der Waals surface area contributed by atoms with Crippen molar-refractivity contribution >= 4 is 36.6 Å². The second-order valence-electron chi connectivity index (χ2n) is 10.7. The molecule has 0 N–H and O–H groups in total. The van der Waals surface area contributed by atoms with Crippen LogP contribution in [-0.2, 0) is 39.6 Å². The van der Waals surface area contributed by atoms with E-state index in [1.807, 2.05) is 91.0 Å². The van der Waals surface area contributed by atoms with Crippen molar-refractivity contribution < 1.29 is 33.0 Å². The maximum Gasteiger partial charge on any atom is 0.347 e. The second-order valence-corrected chi connectivity index (χ2v) is 14.9. The highest BCUT2D eigenvalue weighted by atomic mass is 28.4. The fourth-order valence-corrected chi connectivity index (χ4v) is 9.13. The summed E-state index contributed by atoms with van der Waals surface area (Å²) in [6, 6.07) is 29.0. The second kappa shape index (κ2) is 13.5. The normalized spacial score (nSPS) is 13.9. The number of rotatable bonds is 11. The van der Waals surface area contributed by atoms with E-state index in [1.165, 1.54) is 13.8 Å². The summed E-state index contributed by atoms with van der Waals surface area (Å²) in [5.41, 5.74) is 0.812. The standard InChI is InChI=1S/C32H38O7Si/c1-23(29(33)36-22-26-16-10-7-11-17-26)37-30(34)24(2)38-31(35)25(3)39-40(32(4,5)6,27-18-12-8-13-19-27)28-20-14-9-15-21-28/h7-21,23-25H,22H2,1-6H3/t23-,24-,25-/m0/s1. The van der Waals surface area contributed by atoms with E-state index < -0.39 is 44.5 Å². The largest absolute Gasteiger partial charge is 0.458 e. The van der Waals surface area contributed by atoms with Crippen LogP contribution in [0.5, 0.6) is 0 Å². The molecule has 0 heterocycles. The van der Waals surface area contributed by atoms with E-state index >= 15 is 0 Å². The summed E-state index contributed by atoms with van der Waals surface area (Å²) in [5.74, 6) is -2.24. The molecule has 0 aliphatic rings. The molecule has 0 aliphatic heterocycles. The lowest BCUT2D eigenvalue weighted by Gasteiger charge is -2.44. The van der Waals surface area contributed by atoms with E-state index in [-0.39, 0.29) is 11.6 Å². The predicted molar refractivity (Wildman–Crippen MR) is 156 cm³/mol. The molecule has 0 fully saturated rings. The van der Waals surface area contributed by atoms with Crippen LogP contribution in [-0.4, -0.2) is 44.5 Å². The minimum absolute atomic E-state index is 0.0587. The molecular weight excluding hydrogens is 524 g/mol. The summed E-state index contributed by atoms with van der Waals surface area (Å²) >= 11 is 0. The van der Waals surface area contributed by atoms with Crippen molar-refractivity contribution in [3.8, 4) is 0 Å². The first-order valence-electron chi connectivity index (χ1n) is 13.4. The van der Waals surface area contributed by atoms with Crippen LogP contribution in [0.25, 0.3) is 0 Å². The summed E-state index contributed by atoms with van der Waals surface area (Å²) in [5, 5.41) is 1.69. The van der Waals surface area contributed by atoms with Crippen LogP contribution in [0, 0.1) is 0 Å². The van der Waals surface area contributed by atoms with Gasteiger partial charge in [-0.15, -0.1) is 0 Å². The number of carbonyl (C=O) groups is 3. The van der Waals surface area contributed by atoms with Crippen LogP contribution < -0.4 is 10.4 Å². The maximum atomic E-state index is 13.2. The van der Waals surface area contributed by atoms with Crippen molar-refractivity contribution in [1.82, 2.24) is 0 Å². The Hall–Kier alpha value is -3.75. The lowest BCUT2D eigenvalue weighted by atomic mass is 10.2.